The largest absolute Gasteiger partial charge is 0.335 e. The standard InChI is InChI=1S/C21H28O4S/c1-13-9-10-17-14(2)18(26-15-7-5-4-6-8-15)22-19-21(17)16(13)11-12-20(3,23-19)24-25-21/h4-8,13-14,16-19H,9-12H2,1-3H3/t13-,14-,16+,17+,18-,19-,20-,21-/m1/s1. The maximum Gasteiger partial charge on any atom is 0.201 e. The maximum atomic E-state index is 6.60. The summed E-state index contributed by atoms with van der Waals surface area (Å²) in [6, 6.07) is 10.5. The van der Waals surface area contributed by atoms with Crippen LogP contribution in [-0.4, -0.2) is 23.1 Å². The highest BCUT2D eigenvalue weighted by molar-refractivity contribution is 7.99. The van der Waals surface area contributed by atoms with Crippen molar-refractivity contribution in [3.8, 4) is 0 Å². The van der Waals surface area contributed by atoms with Crippen molar-refractivity contribution < 1.29 is 19.2 Å². The van der Waals surface area contributed by atoms with Crippen molar-refractivity contribution in [3.05, 3.63) is 30.3 Å². The maximum absolute atomic E-state index is 6.60. The molecule has 4 aliphatic heterocycles. The van der Waals surface area contributed by atoms with E-state index in [-0.39, 0.29) is 11.7 Å². The van der Waals surface area contributed by atoms with Gasteiger partial charge in [0.1, 0.15) is 5.44 Å². The minimum Gasteiger partial charge on any atom is -0.335 e. The Balaban J connectivity index is 1.50. The number of benzene rings is 1. The number of rotatable bonds is 2. The van der Waals surface area contributed by atoms with Gasteiger partial charge in [0.2, 0.25) is 5.79 Å². The van der Waals surface area contributed by atoms with E-state index in [1.807, 2.05) is 6.92 Å². The predicted molar refractivity (Wildman–Crippen MR) is 99.1 cm³/mol. The molecule has 0 unspecified atom stereocenters. The quantitative estimate of drug-likeness (QED) is 0.680. The third-order valence-corrected chi connectivity index (χ3v) is 8.41. The summed E-state index contributed by atoms with van der Waals surface area (Å²) in [5.74, 6) is 1.11. The molecule has 5 fully saturated rings. The first-order valence-electron chi connectivity index (χ1n) is 9.94. The average molecular weight is 377 g/mol. The Labute approximate surface area is 159 Å². The first-order chi connectivity index (χ1) is 12.5. The zero-order valence-electron chi connectivity index (χ0n) is 15.7. The van der Waals surface area contributed by atoms with E-state index in [1.165, 1.54) is 11.3 Å². The average Bonchev–Trinajstić information content (AvgIpc) is 2.86. The van der Waals surface area contributed by atoms with Crippen LogP contribution in [0.5, 0.6) is 0 Å². The SMILES string of the molecule is C[C@H]1[C@@H](Sc2ccccc2)O[C@@H]2O[C@@]3(C)CC[C@H]4[C@H](C)CC[C@@H]1[C@@]24OO3. The van der Waals surface area contributed by atoms with Crippen molar-refractivity contribution in [2.24, 2.45) is 23.7 Å². The molecule has 142 valence electrons. The molecular formula is C21H28O4S. The molecule has 0 aromatic heterocycles. The third kappa shape index (κ3) is 2.51. The first-order valence-corrected chi connectivity index (χ1v) is 10.8. The summed E-state index contributed by atoms with van der Waals surface area (Å²) < 4.78 is 13.0. The second kappa shape index (κ2) is 6.21. The predicted octanol–water partition coefficient (Wildman–Crippen LogP) is 4.99. The molecule has 1 aromatic rings. The van der Waals surface area contributed by atoms with Gasteiger partial charge in [-0.1, -0.05) is 43.8 Å². The van der Waals surface area contributed by atoms with Crippen LogP contribution in [-0.2, 0) is 19.2 Å². The summed E-state index contributed by atoms with van der Waals surface area (Å²) in [6.45, 7) is 6.65. The molecule has 4 saturated heterocycles. The molecule has 8 atom stereocenters. The molecule has 5 heteroatoms. The van der Waals surface area contributed by atoms with E-state index in [1.54, 1.807) is 11.8 Å². The number of fused-ring (bicyclic) bond motifs is 2. The molecule has 0 N–H and O–H groups in total. The van der Waals surface area contributed by atoms with E-state index >= 15 is 0 Å². The Hall–Kier alpha value is -0.590. The summed E-state index contributed by atoms with van der Waals surface area (Å²) in [5.41, 5.74) is -0.389. The zero-order chi connectivity index (χ0) is 17.9. The van der Waals surface area contributed by atoms with Gasteiger partial charge in [-0.25, -0.2) is 9.78 Å². The fourth-order valence-electron chi connectivity index (χ4n) is 5.64. The van der Waals surface area contributed by atoms with Crippen molar-refractivity contribution in [1.29, 1.82) is 0 Å². The van der Waals surface area contributed by atoms with Crippen molar-refractivity contribution in [2.45, 2.75) is 74.5 Å². The monoisotopic (exact) mass is 376 g/mol. The Bertz CT molecular complexity index is 669. The normalized spacial score (nSPS) is 50.1. The van der Waals surface area contributed by atoms with Crippen molar-refractivity contribution in [2.75, 3.05) is 0 Å². The van der Waals surface area contributed by atoms with Gasteiger partial charge in [-0.3, -0.25) is 0 Å². The van der Waals surface area contributed by atoms with E-state index < -0.39 is 11.4 Å². The number of hydrogen-bond acceptors (Lipinski definition) is 5. The van der Waals surface area contributed by atoms with Crippen molar-refractivity contribution in [1.82, 2.24) is 0 Å². The Morgan fingerprint density at radius 1 is 1.00 bits per heavy atom. The molecule has 1 saturated carbocycles. The number of thioether (sulfide) groups is 1. The van der Waals surface area contributed by atoms with Crippen LogP contribution in [0.4, 0.5) is 0 Å². The van der Waals surface area contributed by atoms with E-state index in [4.69, 9.17) is 19.2 Å². The number of ether oxygens (including phenoxy) is 2. The van der Waals surface area contributed by atoms with Crippen LogP contribution in [0.15, 0.2) is 35.2 Å². The fraction of sp³-hybridized carbons (Fsp3) is 0.714. The van der Waals surface area contributed by atoms with Gasteiger partial charge in [-0.2, -0.15) is 0 Å². The third-order valence-electron chi connectivity index (χ3n) is 7.09. The molecule has 6 rings (SSSR count). The van der Waals surface area contributed by atoms with Gasteiger partial charge < -0.3 is 9.47 Å². The van der Waals surface area contributed by atoms with E-state index in [2.05, 4.69) is 44.2 Å². The van der Waals surface area contributed by atoms with Crippen molar-refractivity contribution in [3.63, 3.8) is 0 Å². The lowest BCUT2D eigenvalue weighted by Crippen LogP contribution is -2.70. The molecular weight excluding hydrogens is 348 g/mol. The molecule has 4 nitrogen and oxygen atoms in total. The smallest absolute Gasteiger partial charge is 0.201 e. The summed E-state index contributed by atoms with van der Waals surface area (Å²) in [7, 11) is 0. The molecule has 5 aliphatic rings. The summed E-state index contributed by atoms with van der Waals surface area (Å²) in [4.78, 5) is 13.3. The van der Waals surface area contributed by atoms with E-state index in [9.17, 15) is 0 Å². The molecule has 2 bridgehead atoms. The van der Waals surface area contributed by atoms with Crippen LogP contribution in [0.1, 0.15) is 46.5 Å². The highest BCUT2D eigenvalue weighted by Crippen LogP contribution is 2.61. The van der Waals surface area contributed by atoms with Gasteiger partial charge in [-0.15, -0.1) is 0 Å². The van der Waals surface area contributed by atoms with Gasteiger partial charge in [0.15, 0.2) is 11.9 Å². The number of hydrogen-bond donors (Lipinski definition) is 0. The van der Waals surface area contributed by atoms with Crippen LogP contribution in [0.2, 0.25) is 0 Å². The van der Waals surface area contributed by atoms with Crippen LogP contribution in [0, 0.1) is 23.7 Å². The lowest BCUT2D eigenvalue weighted by molar-refractivity contribution is -0.568. The topological polar surface area (TPSA) is 36.9 Å². The fourth-order valence-corrected chi connectivity index (χ4v) is 6.78. The van der Waals surface area contributed by atoms with E-state index in [0.717, 1.165) is 19.3 Å². The molecule has 0 radical (unpaired) electrons. The molecule has 0 amide bonds. The minimum absolute atomic E-state index is 0.0682. The molecule has 26 heavy (non-hydrogen) atoms. The summed E-state index contributed by atoms with van der Waals surface area (Å²) in [5, 5.41) is 0. The van der Waals surface area contributed by atoms with Gasteiger partial charge in [0, 0.05) is 17.2 Å². The van der Waals surface area contributed by atoms with Gasteiger partial charge in [0.05, 0.1) is 0 Å². The Morgan fingerprint density at radius 3 is 2.62 bits per heavy atom. The molecule has 1 spiro atoms. The molecule has 1 aliphatic carbocycles. The lowest BCUT2D eigenvalue weighted by atomic mass is 9.58. The lowest BCUT2D eigenvalue weighted by Gasteiger charge is -2.60. The van der Waals surface area contributed by atoms with Gasteiger partial charge >= 0.3 is 0 Å². The summed E-state index contributed by atoms with van der Waals surface area (Å²) in [6.07, 6.45) is 3.99. The zero-order valence-corrected chi connectivity index (χ0v) is 16.5. The molecule has 1 aromatic carbocycles. The minimum atomic E-state index is -0.694. The second-order valence-electron chi connectivity index (χ2n) is 8.70. The Kier molecular flexibility index (Phi) is 4.18. The van der Waals surface area contributed by atoms with E-state index in [0.29, 0.717) is 23.7 Å². The second-order valence-corrected chi connectivity index (χ2v) is 9.88. The van der Waals surface area contributed by atoms with Crippen LogP contribution in [0.3, 0.4) is 0 Å². The van der Waals surface area contributed by atoms with Gasteiger partial charge in [0.25, 0.3) is 0 Å². The highest BCUT2D eigenvalue weighted by Gasteiger charge is 2.69. The highest BCUT2D eigenvalue weighted by atomic mass is 32.2. The summed E-state index contributed by atoms with van der Waals surface area (Å²) >= 11 is 1.80. The van der Waals surface area contributed by atoms with Gasteiger partial charge in [-0.05, 0) is 56.1 Å². The first kappa shape index (κ1) is 17.5. The van der Waals surface area contributed by atoms with Crippen LogP contribution < -0.4 is 0 Å². The van der Waals surface area contributed by atoms with Crippen LogP contribution in [0.25, 0.3) is 0 Å². The Morgan fingerprint density at radius 2 is 1.81 bits per heavy atom. The molecule has 4 heterocycles. The van der Waals surface area contributed by atoms with Crippen LogP contribution >= 0.6 is 11.8 Å². The van der Waals surface area contributed by atoms with Crippen molar-refractivity contribution >= 4 is 11.8 Å².